The third kappa shape index (κ3) is 50.2. The highest BCUT2D eigenvalue weighted by atomic mass is 16.3. The van der Waals surface area contributed by atoms with Gasteiger partial charge in [0, 0.05) is 6.42 Å². The molecule has 0 bridgehead atoms. The Labute approximate surface area is 392 Å². The normalized spacial score (nSPS) is 13.7. The molecule has 0 aromatic carbocycles. The van der Waals surface area contributed by atoms with Crippen molar-refractivity contribution in [2.75, 3.05) is 6.61 Å². The van der Waals surface area contributed by atoms with Gasteiger partial charge in [-0.25, -0.2) is 0 Å². The summed E-state index contributed by atoms with van der Waals surface area (Å²) < 4.78 is 0. The van der Waals surface area contributed by atoms with Gasteiger partial charge in [-0.3, -0.25) is 4.79 Å². The van der Waals surface area contributed by atoms with Crippen molar-refractivity contribution in [3.8, 4) is 0 Å². The Bertz CT molecular complexity index is 1170. The van der Waals surface area contributed by atoms with Gasteiger partial charge >= 0.3 is 0 Å². The number of carbonyl (C=O) groups excluding carboxylic acids is 1. The molecule has 0 heterocycles. The number of rotatable bonds is 48. The van der Waals surface area contributed by atoms with E-state index in [1.54, 1.807) is 6.08 Å². The first kappa shape index (κ1) is 60.3. The van der Waals surface area contributed by atoms with Crippen LogP contribution >= 0.6 is 0 Å². The molecule has 1 amide bonds. The molecule has 63 heavy (non-hydrogen) atoms. The van der Waals surface area contributed by atoms with E-state index in [1.165, 1.54) is 161 Å². The van der Waals surface area contributed by atoms with E-state index in [2.05, 4.69) is 104 Å². The van der Waals surface area contributed by atoms with Gasteiger partial charge in [-0.15, -0.1) is 0 Å². The Morgan fingerprint density at radius 2 is 0.714 bits per heavy atom. The predicted octanol–water partition coefficient (Wildman–Crippen LogP) is 17.7. The van der Waals surface area contributed by atoms with E-state index in [0.717, 1.165) is 70.6 Å². The lowest BCUT2D eigenvalue weighted by atomic mass is 10.0. The number of allylic oxidation sites excluding steroid dienone is 15. The van der Waals surface area contributed by atoms with Crippen molar-refractivity contribution in [2.45, 2.75) is 264 Å². The van der Waals surface area contributed by atoms with Crippen molar-refractivity contribution in [1.82, 2.24) is 5.32 Å². The SMILES string of the molecule is CC/C=C\C/C=C\C/C=C\C/C=C\C/C=C\C/C=C\CCCCCCCCCCCCCCCCCCCCCCCCC(=O)NC(CO)C(O)/C=C/CC/C=C/CCCCCC. The summed E-state index contributed by atoms with van der Waals surface area (Å²) in [5.74, 6) is -0.0757. The lowest BCUT2D eigenvalue weighted by Crippen LogP contribution is -2.45. The van der Waals surface area contributed by atoms with Gasteiger partial charge in [0.15, 0.2) is 0 Å². The Morgan fingerprint density at radius 3 is 1.11 bits per heavy atom. The average molecular weight is 874 g/mol. The van der Waals surface area contributed by atoms with Gasteiger partial charge in [-0.1, -0.05) is 259 Å². The highest BCUT2D eigenvalue weighted by Gasteiger charge is 2.17. The first-order valence-corrected chi connectivity index (χ1v) is 27.0. The molecule has 3 N–H and O–H groups in total. The van der Waals surface area contributed by atoms with Crippen molar-refractivity contribution in [2.24, 2.45) is 0 Å². The predicted molar refractivity (Wildman–Crippen MR) is 280 cm³/mol. The van der Waals surface area contributed by atoms with Crippen molar-refractivity contribution >= 4 is 5.91 Å². The van der Waals surface area contributed by atoms with Gasteiger partial charge < -0.3 is 15.5 Å². The third-order valence-electron chi connectivity index (χ3n) is 11.8. The standard InChI is InChI=1S/C59H103NO3/c1-3-5-7-9-11-13-15-16-17-18-19-20-21-22-23-24-25-26-27-28-29-30-31-32-33-34-35-36-37-38-39-40-41-42-43-44-45-47-49-51-53-55-59(63)60-57(56-61)58(62)54-52-50-48-46-14-12-10-8-6-4-2/h5,7,11,13-14,16-17,19-20,22-23,25-26,46,52,54,57-58,61-62H,3-4,6,8-10,12,15,18,21,24,27-45,47-51,53,55-56H2,1-2H3,(H,60,63)/b7-5-,13-11-,17-16-,20-19-,23-22-,26-25-,46-14+,54-52+. The molecule has 2 unspecified atom stereocenters. The summed E-state index contributed by atoms with van der Waals surface area (Å²) in [6.45, 7) is 4.14. The molecule has 0 aliphatic heterocycles. The first-order valence-electron chi connectivity index (χ1n) is 27.0. The van der Waals surface area contributed by atoms with Gasteiger partial charge in [0.05, 0.1) is 18.8 Å². The van der Waals surface area contributed by atoms with Crippen LogP contribution in [0, 0.1) is 0 Å². The van der Waals surface area contributed by atoms with E-state index in [0.29, 0.717) is 6.42 Å². The fourth-order valence-electron chi connectivity index (χ4n) is 7.73. The van der Waals surface area contributed by atoms with Crippen molar-refractivity contribution in [1.29, 1.82) is 0 Å². The number of hydrogen-bond acceptors (Lipinski definition) is 3. The maximum absolute atomic E-state index is 12.4. The molecule has 4 heteroatoms. The Morgan fingerprint density at radius 1 is 0.397 bits per heavy atom. The van der Waals surface area contributed by atoms with Crippen molar-refractivity contribution < 1.29 is 15.0 Å². The van der Waals surface area contributed by atoms with Gasteiger partial charge in [-0.05, 0) is 83.5 Å². The van der Waals surface area contributed by atoms with Gasteiger partial charge in [0.1, 0.15) is 0 Å². The number of unbranched alkanes of at least 4 members (excludes halogenated alkanes) is 27. The minimum Gasteiger partial charge on any atom is -0.394 e. The van der Waals surface area contributed by atoms with Crippen LogP contribution in [0.2, 0.25) is 0 Å². The zero-order valence-electron chi connectivity index (χ0n) is 41.6. The second-order valence-corrected chi connectivity index (χ2v) is 17.9. The lowest BCUT2D eigenvalue weighted by molar-refractivity contribution is -0.123. The second-order valence-electron chi connectivity index (χ2n) is 17.9. The number of aliphatic hydroxyl groups is 2. The van der Waals surface area contributed by atoms with Crippen LogP contribution in [0.25, 0.3) is 0 Å². The average Bonchev–Trinajstić information content (AvgIpc) is 3.29. The molecule has 0 saturated carbocycles. The molecule has 0 rings (SSSR count). The van der Waals surface area contributed by atoms with Gasteiger partial charge in [-0.2, -0.15) is 0 Å². The molecule has 2 atom stereocenters. The Hall–Kier alpha value is -2.69. The van der Waals surface area contributed by atoms with Crippen LogP contribution in [0.5, 0.6) is 0 Å². The molecule has 0 radical (unpaired) electrons. The number of amides is 1. The maximum atomic E-state index is 12.4. The quantitative estimate of drug-likeness (QED) is 0.0421. The summed E-state index contributed by atoms with van der Waals surface area (Å²) in [6.07, 6.45) is 80.1. The van der Waals surface area contributed by atoms with E-state index < -0.39 is 12.1 Å². The molecule has 4 nitrogen and oxygen atoms in total. The summed E-state index contributed by atoms with van der Waals surface area (Å²) in [7, 11) is 0. The fraction of sp³-hybridized carbons (Fsp3) is 0.712. The highest BCUT2D eigenvalue weighted by molar-refractivity contribution is 5.76. The van der Waals surface area contributed by atoms with E-state index in [4.69, 9.17) is 0 Å². The van der Waals surface area contributed by atoms with Crippen LogP contribution in [0.3, 0.4) is 0 Å². The zero-order chi connectivity index (χ0) is 45.6. The summed E-state index contributed by atoms with van der Waals surface area (Å²) >= 11 is 0. The maximum Gasteiger partial charge on any atom is 0.220 e. The molecule has 0 aliphatic carbocycles. The summed E-state index contributed by atoms with van der Waals surface area (Å²) in [5, 5.41) is 22.9. The molecular formula is C59H103NO3. The largest absolute Gasteiger partial charge is 0.394 e. The topological polar surface area (TPSA) is 69.6 Å². The van der Waals surface area contributed by atoms with Gasteiger partial charge in [0.25, 0.3) is 0 Å². The fourth-order valence-corrected chi connectivity index (χ4v) is 7.73. The van der Waals surface area contributed by atoms with Crippen molar-refractivity contribution in [3.63, 3.8) is 0 Å². The zero-order valence-corrected chi connectivity index (χ0v) is 41.6. The number of carbonyl (C=O) groups is 1. The van der Waals surface area contributed by atoms with Crippen LogP contribution < -0.4 is 5.32 Å². The Balaban J connectivity index is 3.43. The summed E-state index contributed by atoms with van der Waals surface area (Å²) in [6, 6.07) is -0.639. The minimum atomic E-state index is -0.862. The van der Waals surface area contributed by atoms with Crippen LogP contribution in [0.1, 0.15) is 251 Å². The molecule has 0 spiro atoms. The van der Waals surface area contributed by atoms with E-state index >= 15 is 0 Å². The van der Waals surface area contributed by atoms with Crippen LogP contribution in [-0.4, -0.2) is 34.9 Å². The van der Waals surface area contributed by atoms with Crippen molar-refractivity contribution in [3.05, 3.63) is 97.2 Å². The molecule has 0 saturated heterocycles. The van der Waals surface area contributed by atoms with Crippen LogP contribution in [-0.2, 0) is 4.79 Å². The second kappa shape index (κ2) is 53.6. The highest BCUT2D eigenvalue weighted by Crippen LogP contribution is 2.16. The number of hydrogen-bond donors (Lipinski definition) is 3. The van der Waals surface area contributed by atoms with E-state index in [9.17, 15) is 15.0 Å². The number of nitrogens with one attached hydrogen (secondary N) is 1. The summed E-state index contributed by atoms with van der Waals surface area (Å²) in [5.41, 5.74) is 0. The third-order valence-corrected chi connectivity index (χ3v) is 11.8. The molecule has 0 fully saturated rings. The van der Waals surface area contributed by atoms with Crippen LogP contribution in [0.4, 0.5) is 0 Å². The first-order chi connectivity index (χ1) is 31.2. The molecular weight excluding hydrogens is 771 g/mol. The van der Waals surface area contributed by atoms with E-state index in [1.807, 2.05) is 6.08 Å². The molecule has 0 aliphatic rings. The molecule has 0 aromatic rings. The minimum absolute atomic E-state index is 0.0757. The lowest BCUT2D eigenvalue weighted by Gasteiger charge is -2.19. The Kier molecular flexibility index (Phi) is 51.4. The van der Waals surface area contributed by atoms with E-state index in [-0.39, 0.29) is 12.5 Å². The molecule has 362 valence electrons. The monoisotopic (exact) mass is 874 g/mol. The molecule has 0 aromatic heterocycles. The van der Waals surface area contributed by atoms with Gasteiger partial charge in [0.2, 0.25) is 5.91 Å². The van der Waals surface area contributed by atoms with Crippen LogP contribution in [0.15, 0.2) is 97.2 Å². The summed E-state index contributed by atoms with van der Waals surface area (Å²) in [4.78, 5) is 12.4. The number of aliphatic hydroxyl groups excluding tert-OH is 2. The smallest absolute Gasteiger partial charge is 0.220 e.